The molecule has 5 N–H and O–H groups in total. The van der Waals surface area contributed by atoms with Gasteiger partial charge in [-0.2, -0.15) is 0 Å². The smallest absolute Gasteiger partial charge is 0.240 e. The van der Waals surface area contributed by atoms with Gasteiger partial charge in [0.25, 0.3) is 0 Å². The number of fused-ring (bicyclic) bond motifs is 1. The third-order valence-electron chi connectivity index (χ3n) is 5.72. The average Bonchev–Trinajstić information content (AvgIpc) is 3.41. The summed E-state index contributed by atoms with van der Waals surface area (Å²) in [6.07, 6.45) is 2.39. The summed E-state index contributed by atoms with van der Waals surface area (Å²) in [6, 6.07) is 6.85. The van der Waals surface area contributed by atoms with Gasteiger partial charge in [-0.15, -0.1) is 5.10 Å². The SMILES string of the molecule is CC(C)OCC(CC(=O)NC(C)(C)C)n1nnnc1[C@@H](Cc1c[nH]c2ccccc12)NC(=O)C(C)(C)N. The van der Waals surface area contributed by atoms with Crippen LogP contribution in [0.5, 0.6) is 0 Å². The van der Waals surface area contributed by atoms with Gasteiger partial charge in [0.05, 0.1) is 36.8 Å². The molecule has 11 nitrogen and oxygen atoms in total. The van der Waals surface area contributed by atoms with Crippen molar-refractivity contribution in [1.82, 2.24) is 35.8 Å². The van der Waals surface area contributed by atoms with Gasteiger partial charge in [0.2, 0.25) is 11.8 Å². The van der Waals surface area contributed by atoms with E-state index in [4.69, 9.17) is 10.5 Å². The zero-order valence-corrected chi connectivity index (χ0v) is 22.8. The summed E-state index contributed by atoms with van der Waals surface area (Å²) in [6.45, 7) is 13.1. The Balaban J connectivity index is 1.98. The first-order valence-corrected chi connectivity index (χ1v) is 12.6. The standard InChI is InChI=1S/C26H40N8O3/c1-16(2)37-15-18(13-22(35)30-25(3,4)5)34-23(31-32-33-34)21(29-24(36)26(6,7)27)12-17-14-28-20-11-9-8-10-19(17)20/h8-11,14,16,18,21,28H,12-13,15,27H2,1-7H3,(H,29,36)(H,30,35)/t18?,21-/m1/s1. The van der Waals surface area contributed by atoms with Crippen molar-refractivity contribution < 1.29 is 14.3 Å². The third kappa shape index (κ3) is 7.83. The molecular weight excluding hydrogens is 472 g/mol. The Labute approximate surface area is 217 Å². The molecule has 0 bridgehead atoms. The number of nitrogens with one attached hydrogen (secondary N) is 3. The van der Waals surface area contributed by atoms with E-state index in [0.29, 0.717) is 12.2 Å². The molecule has 2 atom stereocenters. The molecule has 1 aromatic carbocycles. The van der Waals surface area contributed by atoms with Gasteiger partial charge in [0.1, 0.15) is 0 Å². The monoisotopic (exact) mass is 512 g/mol. The number of tetrazole rings is 1. The number of carbonyl (C=O) groups is 2. The zero-order valence-electron chi connectivity index (χ0n) is 22.8. The third-order valence-corrected chi connectivity index (χ3v) is 5.72. The topological polar surface area (TPSA) is 153 Å². The number of para-hydroxylation sites is 1. The van der Waals surface area contributed by atoms with Crippen molar-refractivity contribution in [3.05, 3.63) is 41.9 Å². The summed E-state index contributed by atoms with van der Waals surface area (Å²) in [5, 5.41) is 19.5. The van der Waals surface area contributed by atoms with Crippen molar-refractivity contribution in [3.8, 4) is 0 Å². The van der Waals surface area contributed by atoms with E-state index in [2.05, 4.69) is 31.1 Å². The minimum absolute atomic E-state index is 0.0483. The van der Waals surface area contributed by atoms with E-state index in [9.17, 15) is 9.59 Å². The molecule has 3 aromatic rings. The number of carbonyl (C=O) groups excluding carboxylic acids is 2. The van der Waals surface area contributed by atoms with E-state index in [-0.39, 0.29) is 36.5 Å². The van der Waals surface area contributed by atoms with Gasteiger partial charge in [0.15, 0.2) is 5.82 Å². The molecule has 2 heterocycles. The van der Waals surface area contributed by atoms with Crippen molar-refractivity contribution >= 4 is 22.7 Å². The number of hydrogen-bond acceptors (Lipinski definition) is 7. The first kappa shape index (κ1) is 28.3. The Morgan fingerprint density at radius 2 is 1.86 bits per heavy atom. The molecule has 0 fully saturated rings. The fourth-order valence-electron chi connectivity index (χ4n) is 3.96. The number of amides is 2. The maximum atomic E-state index is 13.0. The molecule has 0 spiro atoms. The molecular formula is C26H40N8O3. The minimum atomic E-state index is -1.11. The van der Waals surface area contributed by atoms with Crippen LogP contribution < -0.4 is 16.4 Å². The summed E-state index contributed by atoms with van der Waals surface area (Å²) in [5.74, 6) is -0.0669. The van der Waals surface area contributed by atoms with Crippen LogP contribution in [0.1, 0.15) is 78.4 Å². The number of aromatic amines is 1. The highest BCUT2D eigenvalue weighted by Gasteiger charge is 2.31. The summed E-state index contributed by atoms with van der Waals surface area (Å²) >= 11 is 0. The highest BCUT2D eigenvalue weighted by molar-refractivity contribution is 5.86. The van der Waals surface area contributed by atoms with Gasteiger partial charge in [0, 0.05) is 29.1 Å². The number of aromatic nitrogens is 5. The van der Waals surface area contributed by atoms with Gasteiger partial charge in [-0.05, 0) is 70.5 Å². The van der Waals surface area contributed by atoms with Gasteiger partial charge < -0.3 is 26.1 Å². The summed E-state index contributed by atoms with van der Waals surface area (Å²) in [4.78, 5) is 29.1. The van der Waals surface area contributed by atoms with Crippen molar-refractivity contribution in [3.63, 3.8) is 0 Å². The number of hydrogen-bond donors (Lipinski definition) is 4. The summed E-state index contributed by atoms with van der Waals surface area (Å²) in [7, 11) is 0. The Hall–Kier alpha value is -3.31. The predicted molar refractivity (Wildman–Crippen MR) is 142 cm³/mol. The summed E-state index contributed by atoms with van der Waals surface area (Å²) < 4.78 is 7.47. The molecule has 1 unspecified atom stereocenters. The number of nitrogens with two attached hydrogens (primary N) is 1. The van der Waals surface area contributed by atoms with Crippen molar-refractivity contribution in [2.45, 2.75) is 90.6 Å². The van der Waals surface area contributed by atoms with E-state index < -0.39 is 17.6 Å². The largest absolute Gasteiger partial charge is 0.377 e. The maximum Gasteiger partial charge on any atom is 0.240 e. The molecule has 0 aliphatic carbocycles. The van der Waals surface area contributed by atoms with E-state index in [0.717, 1.165) is 16.5 Å². The second-order valence-corrected chi connectivity index (χ2v) is 11.3. The van der Waals surface area contributed by atoms with Crippen LogP contribution in [0.15, 0.2) is 30.5 Å². The van der Waals surface area contributed by atoms with Crippen LogP contribution in [-0.2, 0) is 20.7 Å². The number of ether oxygens (including phenoxy) is 1. The molecule has 3 rings (SSSR count). The van der Waals surface area contributed by atoms with Gasteiger partial charge in [-0.25, -0.2) is 4.68 Å². The normalized spacial score (nSPS) is 14.1. The van der Waals surface area contributed by atoms with Crippen LogP contribution in [0.4, 0.5) is 0 Å². The van der Waals surface area contributed by atoms with Crippen molar-refractivity contribution in [2.75, 3.05) is 6.61 Å². The Morgan fingerprint density at radius 1 is 1.16 bits per heavy atom. The second-order valence-electron chi connectivity index (χ2n) is 11.3. The molecule has 37 heavy (non-hydrogen) atoms. The molecule has 11 heteroatoms. The van der Waals surface area contributed by atoms with Crippen molar-refractivity contribution in [2.24, 2.45) is 5.73 Å². The molecule has 0 radical (unpaired) electrons. The van der Waals surface area contributed by atoms with Crippen LogP contribution in [0.25, 0.3) is 10.9 Å². The number of rotatable bonds is 11. The van der Waals surface area contributed by atoms with Crippen molar-refractivity contribution in [1.29, 1.82) is 0 Å². The Morgan fingerprint density at radius 3 is 2.51 bits per heavy atom. The molecule has 0 saturated carbocycles. The zero-order chi connectivity index (χ0) is 27.4. The highest BCUT2D eigenvalue weighted by Crippen LogP contribution is 2.26. The van der Waals surface area contributed by atoms with E-state index in [1.807, 2.05) is 65.1 Å². The minimum Gasteiger partial charge on any atom is -0.377 e. The average molecular weight is 513 g/mol. The first-order valence-electron chi connectivity index (χ1n) is 12.6. The lowest BCUT2D eigenvalue weighted by molar-refractivity contribution is -0.126. The molecule has 2 amide bonds. The number of H-pyrrole nitrogens is 1. The van der Waals surface area contributed by atoms with E-state index >= 15 is 0 Å². The second kappa shape index (κ2) is 11.4. The number of nitrogens with zero attached hydrogens (tertiary/aromatic N) is 4. The highest BCUT2D eigenvalue weighted by atomic mass is 16.5. The fraction of sp³-hybridized carbons (Fsp3) is 0.577. The van der Waals surface area contributed by atoms with Crippen LogP contribution in [0.3, 0.4) is 0 Å². The predicted octanol–water partition coefficient (Wildman–Crippen LogP) is 2.56. The lowest BCUT2D eigenvalue weighted by atomic mass is 10.0. The molecule has 0 aliphatic rings. The van der Waals surface area contributed by atoms with Crippen LogP contribution in [-0.4, -0.2) is 60.8 Å². The maximum absolute atomic E-state index is 13.0. The summed E-state index contributed by atoms with van der Waals surface area (Å²) in [5.41, 5.74) is 6.59. The van der Waals surface area contributed by atoms with Gasteiger partial charge >= 0.3 is 0 Å². The molecule has 2 aromatic heterocycles. The lowest BCUT2D eigenvalue weighted by Crippen LogP contribution is -2.50. The van der Waals surface area contributed by atoms with Crippen LogP contribution in [0.2, 0.25) is 0 Å². The Kier molecular flexibility index (Phi) is 8.70. The fourth-order valence-corrected chi connectivity index (χ4v) is 3.96. The van der Waals surface area contributed by atoms with Gasteiger partial charge in [-0.3, -0.25) is 9.59 Å². The Bertz CT molecular complexity index is 1200. The van der Waals surface area contributed by atoms with Gasteiger partial charge in [-0.1, -0.05) is 18.2 Å². The lowest BCUT2D eigenvalue weighted by Gasteiger charge is -2.27. The number of benzene rings is 1. The van der Waals surface area contributed by atoms with Crippen LogP contribution in [0, 0.1) is 0 Å². The quantitative estimate of drug-likeness (QED) is 0.308. The molecule has 0 saturated heterocycles. The van der Waals surface area contributed by atoms with Crippen LogP contribution >= 0.6 is 0 Å². The molecule has 202 valence electrons. The first-order chi connectivity index (χ1) is 17.2. The van der Waals surface area contributed by atoms with E-state index in [1.165, 1.54) is 0 Å². The van der Waals surface area contributed by atoms with E-state index in [1.54, 1.807) is 18.5 Å². The molecule has 0 aliphatic heterocycles.